The topological polar surface area (TPSA) is 49.4 Å². The average Bonchev–Trinajstić information content (AvgIpc) is 2.76. The van der Waals surface area contributed by atoms with E-state index in [0.29, 0.717) is 15.2 Å². The van der Waals surface area contributed by atoms with Gasteiger partial charge in [-0.1, -0.05) is 6.42 Å². The Bertz CT molecular complexity index is 581. The fourth-order valence-corrected chi connectivity index (χ4v) is 7.96. The predicted octanol–water partition coefficient (Wildman–Crippen LogP) is 3.81. The van der Waals surface area contributed by atoms with Gasteiger partial charge in [0.15, 0.2) is 0 Å². The molecule has 1 N–H and O–H groups in total. The van der Waals surface area contributed by atoms with Crippen LogP contribution in [0.5, 0.6) is 0 Å². The summed E-state index contributed by atoms with van der Waals surface area (Å²) in [5, 5.41) is 3.42. The Kier molecular flexibility index (Phi) is 6.30. The predicted molar refractivity (Wildman–Crippen MR) is 94.4 cm³/mol. The number of rotatable bonds is 5. The largest absolute Gasteiger partial charge is 0.313 e. The summed E-state index contributed by atoms with van der Waals surface area (Å²) in [6.07, 6.45) is 3.37. The Morgan fingerprint density at radius 1 is 1.43 bits per heavy atom. The van der Waals surface area contributed by atoms with Gasteiger partial charge in [0.1, 0.15) is 4.90 Å². The maximum atomic E-state index is 12.9. The van der Waals surface area contributed by atoms with E-state index in [2.05, 4.69) is 37.2 Å². The molecule has 0 aromatic carbocycles. The Morgan fingerprint density at radius 3 is 2.62 bits per heavy atom. The van der Waals surface area contributed by atoms with E-state index >= 15 is 0 Å². The lowest BCUT2D eigenvalue weighted by Crippen LogP contribution is -2.48. The van der Waals surface area contributed by atoms with Crippen molar-refractivity contribution < 1.29 is 8.42 Å². The van der Waals surface area contributed by atoms with E-state index in [-0.39, 0.29) is 12.1 Å². The van der Waals surface area contributed by atoms with Crippen molar-refractivity contribution in [2.24, 2.45) is 0 Å². The second-order valence-electron chi connectivity index (χ2n) is 5.50. The smallest absolute Gasteiger partial charge is 0.245 e. The normalized spacial score (nSPS) is 20.4. The summed E-state index contributed by atoms with van der Waals surface area (Å²) in [7, 11) is -3.48. The molecule has 2 heterocycles. The molecule has 1 fully saturated rings. The van der Waals surface area contributed by atoms with Gasteiger partial charge in [0, 0.05) is 18.6 Å². The number of thiophene rings is 1. The van der Waals surface area contributed by atoms with E-state index in [1.54, 1.807) is 10.4 Å². The maximum Gasteiger partial charge on any atom is 0.245 e. The van der Waals surface area contributed by atoms with Crippen LogP contribution in [0.25, 0.3) is 0 Å². The van der Waals surface area contributed by atoms with E-state index < -0.39 is 10.0 Å². The van der Waals surface area contributed by atoms with E-state index in [0.717, 1.165) is 23.2 Å². The second-order valence-corrected chi connectivity index (χ2v) is 11.1. The fraction of sp³-hybridized carbons (Fsp3) is 0.692. The van der Waals surface area contributed by atoms with Crippen LogP contribution < -0.4 is 5.32 Å². The monoisotopic (exact) mass is 458 g/mol. The van der Waals surface area contributed by atoms with Crippen LogP contribution in [0.4, 0.5) is 0 Å². The second kappa shape index (κ2) is 7.40. The first kappa shape index (κ1) is 17.9. The molecule has 0 aliphatic carbocycles. The molecule has 0 amide bonds. The van der Waals surface area contributed by atoms with Crippen LogP contribution in [0.15, 0.2) is 18.5 Å². The lowest BCUT2D eigenvalue weighted by Gasteiger charge is -2.32. The van der Waals surface area contributed by atoms with Crippen molar-refractivity contribution in [2.45, 2.75) is 50.1 Å². The van der Waals surface area contributed by atoms with Gasteiger partial charge in [-0.15, -0.1) is 11.3 Å². The molecule has 1 saturated heterocycles. The number of hydrogen-bond donors (Lipinski definition) is 1. The number of halogens is 2. The highest BCUT2D eigenvalue weighted by Gasteiger charge is 2.32. The molecule has 1 aliphatic heterocycles. The Morgan fingerprint density at radius 2 is 2.14 bits per heavy atom. The van der Waals surface area contributed by atoms with Crippen LogP contribution in [0, 0.1) is 0 Å². The minimum atomic E-state index is -3.48. The number of sulfonamides is 1. The van der Waals surface area contributed by atoms with Crippen LogP contribution in [0.2, 0.25) is 0 Å². The van der Waals surface area contributed by atoms with E-state index in [9.17, 15) is 8.42 Å². The van der Waals surface area contributed by atoms with Crippen molar-refractivity contribution in [1.29, 1.82) is 0 Å². The molecule has 1 unspecified atom stereocenters. The molecule has 0 saturated carbocycles. The van der Waals surface area contributed by atoms with Crippen molar-refractivity contribution >= 4 is 53.2 Å². The molecule has 120 valence electrons. The summed E-state index contributed by atoms with van der Waals surface area (Å²) in [4.78, 5) is 0.351. The number of nitrogens with zero attached hydrogens (tertiary/aromatic N) is 1. The first-order chi connectivity index (χ1) is 9.82. The summed E-state index contributed by atoms with van der Waals surface area (Å²) in [6.45, 7) is 5.36. The third kappa shape index (κ3) is 4.29. The molecule has 1 aliphatic rings. The lowest BCUT2D eigenvalue weighted by molar-refractivity contribution is 0.282. The van der Waals surface area contributed by atoms with E-state index in [1.807, 2.05) is 13.8 Å². The highest BCUT2D eigenvalue weighted by atomic mass is 79.9. The summed E-state index contributed by atoms with van der Waals surface area (Å²) >= 11 is 8.10. The summed E-state index contributed by atoms with van der Waals surface area (Å²) in [5.74, 6) is 0. The number of hydrogen-bond acceptors (Lipinski definition) is 4. The molecular weight excluding hydrogens is 440 g/mol. The molecule has 1 aromatic rings. The van der Waals surface area contributed by atoms with Gasteiger partial charge in [-0.3, -0.25) is 0 Å². The third-order valence-corrected chi connectivity index (χ3v) is 8.40. The molecule has 0 spiro atoms. The van der Waals surface area contributed by atoms with Crippen LogP contribution in [0.3, 0.4) is 0 Å². The molecule has 1 atom stereocenters. The third-order valence-electron chi connectivity index (χ3n) is 3.60. The zero-order chi connectivity index (χ0) is 15.6. The van der Waals surface area contributed by atoms with Crippen molar-refractivity contribution in [1.82, 2.24) is 9.62 Å². The van der Waals surface area contributed by atoms with Gasteiger partial charge < -0.3 is 5.32 Å². The van der Waals surface area contributed by atoms with Crippen molar-refractivity contribution in [3.63, 3.8) is 0 Å². The van der Waals surface area contributed by atoms with E-state index in [1.165, 1.54) is 17.8 Å². The molecule has 0 radical (unpaired) electrons. The van der Waals surface area contributed by atoms with Crippen LogP contribution in [-0.4, -0.2) is 37.9 Å². The van der Waals surface area contributed by atoms with Crippen LogP contribution in [0.1, 0.15) is 33.1 Å². The van der Waals surface area contributed by atoms with Crippen LogP contribution >= 0.6 is 43.2 Å². The van der Waals surface area contributed by atoms with E-state index in [4.69, 9.17) is 0 Å². The van der Waals surface area contributed by atoms with Gasteiger partial charge in [-0.2, -0.15) is 4.31 Å². The zero-order valence-electron chi connectivity index (χ0n) is 12.1. The molecule has 1 aromatic heterocycles. The van der Waals surface area contributed by atoms with Crippen molar-refractivity contribution in [3.8, 4) is 0 Å². The Balaban J connectivity index is 2.25. The van der Waals surface area contributed by atoms with Crippen LogP contribution in [-0.2, 0) is 10.0 Å². The first-order valence-electron chi connectivity index (χ1n) is 7.02. The zero-order valence-corrected chi connectivity index (χ0v) is 16.9. The average molecular weight is 460 g/mol. The first-order valence-corrected chi connectivity index (χ1v) is 10.9. The van der Waals surface area contributed by atoms with Gasteiger partial charge in [0.25, 0.3) is 0 Å². The summed E-state index contributed by atoms with van der Waals surface area (Å²) in [6, 6.07) is 1.86. The van der Waals surface area contributed by atoms with Gasteiger partial charge in [0.2, 0.25) is 10.0 Å². The quantitative estimate of drug-likeness (QED) is 0.728. The number of piperidine rings is 1. The van der Waals surface area contributed by atoms with Gasteiger partial charge in [0.05, 0.1) is 7.57 Å². The molecular formula is C13H20Br2N2O2S2. The number of nitrogens with one attached hydrogen (secondary N) is 1. The molecule has 21 heavy (non-hydrogen) atoms. The van der Waals surface area contributed by atoms with Gasteiger partial charge in [-0.25, -0.2) is 8.42 Å². The SMILES string of the molecule is CC(C)N(CC1CCCCN1)S(=O)(=O)c1cc(Br)sc1Br. The minimum Gasteiger partial charge on any atom is -0.313 e. The maximum absolute atomic E-state index is 12.9. The minimum absolute atomic E-state index is 0.0655. The highest BCUT2D eigenvalue weighted by molar-refractivity contribution is 9.12. The van der Waals surface area contributed by atoms with Gasteiger partial charge in [-0.05, 0) is 71.2 Å². The Labute approximate surface area is 147 Å². The molecule has 4 nitrogen and oxygen atoms in total. The standard InChI is InChI=1S/C13H20Br2N2O2S2/c1-9(2)17(8-10-5-3-4-6-16-10)21(18,19)11-7-12(14)20-13(11)15/h7,9-10,16H,3-6,8H2,1-2H3. The van der Waals surface area contributed by atoms with Gasteiger partial charge >= 0.3 is 0 Å². The van der Waals surface area contributed by atoms with Crippen molar-refractivity contribution in [2.75, 3.05) is 13.1 Å². The van der Waals surface area contributed by atoms with Crippen molar-refractivity contribution in [3.05, 3.63) is 13.6 Å². The lowest BCUT2D eigenvalue weighted by atomic mass is 10.1. The molecule has 2 rings (SSSR count). The molecule has 0 bridgehead atoms. The summed E-state index contributed by atoms with van der Waals surface area (Å²) in [5.41, 5.74) is 0. The Hall–Kier alpha value is 0.530. The highest BCUT2D eigenvalue weighted by Crippen LogP contribution is 2.36. The summed E-state index contributed by atoms with van der Waals surface area (Å²) < 4.78 is 28.9. The molecule has 8 heteroatoms. The fourth-order valence-electron chi connectivity index (χ4n) is 2.51.